The molecule has 3 heteroatoms. The van der Waals surface area contributed by atoms with Crippen molar-refractivity contribution >= 4 is 0 Å². The SMILES string of the molecule is CCN[C@@H](CC)c1ccc(OC)cc1OC. The first-order valence-electron chi connectivity index (χ1n) is 5.72. The Morgan fingerprint density at radius 2 is 1.94 bits per heavy atom. The highest BCUT2D eigenvalue weighted by molar-refractivity contribution is 5.42. The van der Waals surface area contributed by atoms with Gasteiger partial charge in [0, 0.05) is 17.7 Å². The highest BCUT2D eigenvalue weighted by atomic mass is 16.5. The maximum atomic E-state index is 5.40. The van der Waals surface area contributed by atoms with Crippen LogP contribution < -0.4 is 14.8 Å². The molecular weight excluding hydrogens is 202 g/mol. The topological polar surface area (TPSA) is 30.5 Å². The number of methoxy groups -OCH3 is 2. The minimum atomic E-state index is 0.339. The van der Waals surface area contributed by atoms with Crippen molar-refractivity contribution in [2.24, 2.45) is 0 Å². The molecule has 0 radical (unpaired) electrons. The minimum absolute atomic E-state index is 0.339. The summed E-state index contributed by atoms with van der Waals surface area (Å²) in [7, 11) is 3.35. The van der Waals surface area contributed by atoms with Gasteiger partial charge in [-0.3, -0.25) is 0 Å². The van der Waals surface area contributed by atoms with Gasteiger partial charge in [0.25, 0.3) is 0 Å². The van der Waals surface area contributed by atoms with Crippen LogP contribution >= 0.6 is 0 Å². The van der Waals surface area contributed by atoms with Gasteiger partial charge >= 0.3 is 0 Å². The number of ether oxygens (including phenoxy) is 2. The fourth-order valence-electron chi connectivity index (χ4n) is 1.83. The highest BCUT2D eigenvalue weighted by Crippen LogP contribution is 2.30. The normalized spacial score (nSPS) is 12.2. The van der Waals surface area contributed by atoms with E-state index in [-0.39, 0.29) is 0 Å². The Balaban J connectivity index is 3.01. The van der Waals surface area contributed by atoms with E-state index >= 15 is 0 Å². The molecule has 90 valence electrons. The lowest BCUT2D eigenvalue weighted by atomic mass is 10.0. The van der Waals surface area contributed by atoms with Crippen LogP contribution in [-0.4, -0.2) is 20.8 Å². The average Bonchev–Trinajstić information content (AvgIpc) is 2.35. The Hall–Kier alpha value is -1.22. The molecule has 3 nitrogen and oxygen atoms in total. The molecule has 1 atom stereocenters. The minimum Gasteiger partial charge on any atom is -0.497 e. The third kappa shape index (κ3) is 2.89. The van der Waals surface area contributed by atoms with E-state index < -0.39 is 0 Å². The van der Waals surface area contributed by atoms with E-state index in [1.165, 1.54) is 5.56 Å². The van der Waals surface area contributed by atoms with Crippen LogP contribution in [0, 0.1) is 0 Å². The molecule has 0 aromatic heterocycles. The fraction of sp³-hybridized carbons (Fsp3) is 0.538. The first kappa shape index (κ1) is 12.8. The molecular formula is C13H21NO2. The van der Waals surface area contributed by atoms with Crippen LogP contribution in [0.2, 0.25) is 0 Å². The molecule has 0 saturated carbocycles. The molecule has 16 heavy (non-hydrogen) atoms. The van der Waals surface area contributed by atoms with Crippen LogP contribution in [0.1, 0.15) is 31.9 Å². The van der Waals surface area contributed by atoms with Gasteiger partial charge in [-0.25, -0.2) is 0 Å². The molecule has 0 unspecified atom stereocenters. The zero-order valence-electron chi connectivity index (χ0n) is 10.5. The van der Waals surface area contributed by atoms with Crippen molar-refractivity contribution in [2.75, 3.05) is 20.8 Å². The lowest BCUT2D eigenvalue weighted by Crippen LogP contribution is -2.20. The summed E-state index contributed by atoms with van der Waals surface area (Å²) >= 11 is 0. The molecule has 1 aromatic carbocycles. The predicted octanol–water partition coefficient (Wildman–Crippen LogP) is 2.76. The lowest BCUT2D eigenvalue weighted by molar-refractivity contribution is 0.383. The van der Waals surface area contributed by atoms with Crippen LogP contribution in [0.5, 0.6) is 11.5 Å². The summed E-state index contributed by atoms with van der Waals surface area (Å²) < 4.78 is 10.6. The molecule has 0 fully saturated rings. The number of hydrogen-bond donors (Lipinski definition) is 1. The first-order chi connectivity index (χ1) is 7.76. The van der Waals surface area contributed by atoms with E-state index in [2.05, 4.69) is 25.2 Å². The van der Waals surface area contributed by atoms with Crippen LogP contribution in [0.15, 0.2) is 18.2 Å². The lowest BCUT2D eigenvalue weighted by Gasteiger charge is -2.19. The second-order valence-corrected chi connectivity index (χ2v) is 3.63. The van der Waals surface area contributed by atoms with E-state index in [0.29, 0.717) is 6.04 Å². The Kier molecular flexibility index (Phi) is 5.12. The Morgan fingerprint density at radius 3 is 2.44 bits per heavy atom. The van der Waals surface area contributed by atoms with Crippen molar-refractivity contribution in [3.63, 3.8) is 0 Å². The monoisotopic (exact) mass is 223 g/mol. The van der Waals surface area contributed by atoms with Crippen molar-refractivity contribution in [3.05, 3.63) is 23.8 Å². The standard InChI is InChI=1S/C13H21NO2/c1-5-12(14-6-2)11-8-7-10(15-3)9-13(11)16-4/h7-9,12,14H,5-6H2,1-4H3/t12-/m0/s1. The van der Waals surface area contributed by atoms with Crippen LogP contribution in [0.25, 0.3) is 0 Å². The summed E-state index contributed by atoms with van der Waals surface area (Å²) in [6, 6.07) is 6.30. The summed E-state index contributed by atoms with van der Waals surface area (Å²) in [4.78, 5) is 0. The summed E-state index contributed by atoms with van der Waals surface area (Å²) in [6.07, 6.45) is 1.04. The predicted molar refractivity (Wildman–Crippen MR) is 66.3 cm³/mol. The Morgan fingerprint density at radius 1 is 1.19 bits per heavy atom. The van der Waals surface area contributed by atoms with Gasteiger partial charge in [0.05, 0.1) is 14.2 Å². The molecule has 1 rings (SSSR count). The van der Waals surface area contributed by atoms with Gasteiger partial charge in [-0.05, 0) is 19.0 Å². The maximum Gasteiger partial charge on any atom is 0.127 e. The third-order valence-electron chi connectivity index (χ3n) is 2.67. The average molecular weight is 223 g/mol. The number of hydrogen-bond acceptors (Lipinski definition) is 3. The summed E-state index contributed by atoms with van der Waals surface area (Å²) in [5, 5.41) is 3.44. The largest absolute Gasteiger partial charge is 0.497 e. The van der Waals surface area contributed by atoms with Crippen LogP contribution in [0.4, 0.5) is 0 Å². The van der Waals surface area contributed by atoms with E-state index in [0.717, 1.165) is 24.5 Å². The second kappa shape index (κ2) is 6.38. The molecule has 0 aliphatic rings. The van der Waals surface area contributed by atoms with Crippen molar-refractivity contribution in [3.8, 4) is 11.5 Å². The number of rotatable bonds is 6. The highest BCUT2D eigenvalue weighted by Gasteiger charge is 2.13. The third-order valence-corrected chi connectivity index (χ3v) is 2.67. The van der Waals surface area contributed by atoms with E-state index in [4.69, 9.17) is 9.47 Å². The zero-order chi connectivity index (χ0) is 12.0. The van der Waals surface area contributed by atoms with Crippen molar-refractivity contribution in [1.82, 2.24) is 5.32 Å². The molecule has 1 aromatic rings. The molecule has 0 bridgehead atoms. The molecule has 0 spiro atoms. The molecule has 0 aliphatic heterocycles. The fourth-order valence-corrected chi connectivity index (χ4v) is 1.83. The molecule has 0 saturated heterocycles. The van der Waals surface area contributed by atoms with E-state index in [1.54, 1.807) is 14.2 Å². The summed E-state index contributed by atoms with van der Waals surface area (Å²) in [5.74, 6) is 1.71. The number of benzene rings is 1. The zero-order valence-corrected chi connectivity index (χ0v) is 10.5. The second-order valence-electron chi connectivity index (χ2n) is 3.63. The van der Waals surface area contributed by atoms with E-state index in [9.17, 15) is 0 Å². The van der Waals surface area contributed by atoms with Crippen molar-refractivity contribution < 1.29 is 9.47 Å². The summed E-state index contributed by atoms with van der Waals surface area (Å²) in [6.45, 7) is 5.23. The van der Waals surface area contributed by atoms with Crippen molar-refractivity contribution in [2.45, 2.75) is 26.3 Å². The maximum absolute atomic E-state index is 5.40. The quantitative estimate of drug-likeness (QED) is 0.804. The molecule has 0 heterocycles. The molecule has 1 N–H and O–H groups in total. The van der Waals surface area contributed by atoms with Gasteiger partial charge in [0.15, 0.2) is 0 Å². The van der Waals surface area contributed by atoms with Crippen LogP contribution in [-0.2, 0) is 0 Å². The van der Waals surface area contributed by atoms with Gasteiger partial charge < -0.3 is 14.8 Å². The Bertz CT molecular complexity index is 326. The first-order valence-corrected chi connectivity index (χ1v) is 5.72. The number of nitrogens with one attached hydrogen (secondary N) is 1. The van der Waals surface area contributed by atoms with E-state index in [1.807, 2.05) is 12.1 Å². The van der Waals surface area contributed by atoms with Gasteiger partial charge in [-0.15, -0.1) is 0 Å². The van der Waals surface area contributed by atoms with Gasteiger partial charge in [-0.1, -0.05) is 19.9 Å². The van der Waals surface area contributed by atoms with Crippen LogP contribution in [0.3, 0.4) is 0 Å². The summed E-state index contributed by atoms with van der Waals surface area (Å²) in [5.41, 5.74) is 1.19. The van der Waals surface area contributed by atoms with Gasteiger partial charge in [0.1, 0.15) is 11.5 Å². The molecule has 0 aliphatic carbocycles. The molecule has 0 amide bonds. The van der Waals surface area contributed by atoms with Gasteiger partial charge in [-0.2, -0.15) is 0 Å². The van der Waals surface area contributed by atoms with Gasteiger partial charge in [0.2, 0.25) is 0 Å². The van der Waals surface area contributed by atoms with Crippen molar-refractivity contribution in [1.29, 1.82) is 0 Å². The smallest absolute Gasteiger partial charge is 0.127 e. The Labute approximate surface area is 97.8 Å².